The van der Waals surface area contributed by atoms with Crippen LogP contribution in [-0.2, 0) is 18.4 Å². The quantitative estimate of drug-likeness (QED) is 0.219. The zero-order valence-electron chi connectivity index (χ0n) is 17.4. The number of rotatable bonds is 6. The number of aryl methyl sites for hydroxylation is 1. The number of nitrogen functional groups attached to an aromatic ring is 1. The van der Waals surface area contributed by atoms with E-state index in [9.17, 15) is 9.59 Å². The van der Waals surface area contributed by atoms with Gasteiger partial charge >= 0.3 is 0 Å². The fourth-order valence-electron chi connectivity index (χ4n) is 3.99. The average molecular weight is 462 g/mol. The number of amides is 1. The summed E-state index contributed by atoms with van der Waals surface area (Å²) in [6.45, 7) is 0.172. The molecular weight excluding hydrogens is 442 g/mol. The second-order valence-electron chi connectivity index (χ2n) is 7.55. The van der Waals surface area contributed by atoms with Gasteiger partial charge in [0, 0.05) is 36.1 Å². The molecule has 0 bridgehead atoms. The molecule has 1 amide bonds. The van der Waals surface area contributed by atoms with Crippen LogP contribution >= 0.6 is 11.3 Å². The molecule has 33 heavy (non-hydrogen) atoms. The minimum absolute atomic E-state index is 0.172. The maximum Gasteiger partial charge on any atom is 0.291 e. The number of carbonyl (C=O) groups excluding carboxylic acids is 1. The first-order valence-electron chi connectivity index (χ1n) is 9.92. The number of H-pyrrole nitrogens is 1. The van der Waals surface area contributed by atoms with E-state index in [2.05, 4.69) is 20.3 Å². The molecule has 0 saturated carbocycles. The number of aromatic amines is 1. The predicted molar refractivity (Wildman–Crippen MR) is 126 cm³/mol. The fourth-order valence-corrected chi connectivity index (χ4v) is 5.22. The minimum Gasteiger partial charge on any atom is -0.398 e. The van der Waals surface area contributed by atoms with Crippen molar-refractivity contribution in [2.45, 2.75) is 12.5 Å². The van der Waals surface area contributed by atoms with Gasteiger partial charge in [-0.2, -0.15) is 10.2 Å². The van der Waals surface area contributed by atoms with Gasteiger partial charge in [0.25, 0.3) is 5.56 Å². The van der Waals surface area contributed by atoms with Crippen molar-refractivity contribution in [1.29, 1.82) is 5.41 Å². The highest BCUT2D eigenvalue weighted by Crippen LogP contribution is 2.35. The Morgan fingerprint density at radius 2 is 2.18 bits per heavy atom. The summed E-state index contributed by atoms with van der Waals surface area (Å²) in [5.41, 5.74) is 14.6. The van der Waals surface area contributed by atoms with Gasteiger partial charge in [0.15, 0.2) is 5.65 Å². The van der Waals surface area contributed by atoms with Crippen LogP contribution in [0.5, 0.6) is 0 Å². The molecule has 11 nitrogen and oxygen atoms in total. The van der Waals surface area contributed by atoms with Gasteiger partial charge in [-0.25, -0.2) is 9.67 Å². The van der Waals surface area contributed by atoms with Crippen LogP contribution in [0.25, 0.3) is 21.3 Å². The first-order chi connectivity index (χ1) is 15.9. The second kappa shape index (κ2) is 7.67. The van der Waals surface area contributed by atoms with E-state index >= 15 is 0 Å². The number of nitrogens with two attached hydrogens (primary N) is 2. The Balaban J connectivity index is 1.63. The molecule has 12 heteroatoms. The van der Waals surface area contributed by atoms with E-state index in [1.165, 1.54) is 22.2 Å². The number of thiazole rings is 1. The van der Waals surface area contributed by atoms with Crippen LogP contribution in [0.3, 0.4) is 0 Å². The molecule has 0 radical (unpaired) electrons. The Morgan fingerprint density at radius 3 is 2.88 bits per heavy atom. The molecule has 5 aromatic rings. The summed E-state index contributed by atoms with van der Waals surface area (Å²) in [5.74, 6) is -1.32. The third-order valence-corrected chi connectivity index (χ3v) is 6.74. The van der Waals surface area contributed by atoms with E-state index < -0.39 is 11.8 Å². The Labute approximate surface area is 190 Å². The summed E-state index contributed by atoms with van der Waals surface area (Å²) in [5, 5.41) is 19.8. The van der Waals surface area contributed by atoms with Gasteiger partial charge in [-0.3, -0.25) is 14.7 Å². The number of nitrogens with one attached hydrogen (secondary N) is 2. The number of hydrogen-bond donors (Lipinski definition) is 4. The maximum atomic E-state index is 13.3. The normalized spacial score (nSPS) is 12.4. The van der Waals surface area contributed by atoms with Crippen LogP contribution < -0.4 is 17.0 Å². The van der Waals surface area contributed by atoms with Crippen molar-refractivity contribution in [3.8, 4) is 0 Å². The minimum atomic E-state index is -0.767. The predicted octanol–water partition coefficient (Wildman–Crippen LogP) is 1.31. The molecular formula is C21H19N9O2S. The third kappa shape index (κ3) is 3.19. The Morgan fingerprint density at radius 1 is 1.36 bits per heavy atom. The highest BCUT2D eigenvalue weighted by Gasteiger charge is 2.28. The van der Waals surface area contributed by atoms with Gasteiger partial charge in [0.1, 0.15) is 16.4 Å². The van der Waals surface area contributed by atoms with Crippen LogP contribution in [0, 0.1) is 5.41 Å². The van der Waals surface area contributed by atoms with Crippen molar-refractivity contribution < 1.29 is 4.79 Å². The number of benzene rings is 1. The lowest BCUT2D eigenvalue weighted by atomic mass is 10.1. The molecule has 0 spiro atoms. The largest absolute Gasteiger partial charge is 0.398 e. The van der Waals surface area contributed by atoms with Crippen molar-refractivity contribution in [3.63, 3.8) is 0 Å². The molecule has 0 fully saturated rings. The molecule has 1 unspecified atom stereocenters. The highest BCUT2D eigenvalue weighted by molar-refractivity contribution is 7.19. The summed E-state index contributed by atoms with van der Waals surface area (Å²) < 4.78 is 3.78. The van der Waals surface area contributed by atoms with Gasteiger partial charge in [0.05, 0.1) is 23.1 Å². The number of carbonyl (C=O) groups is 1. The molecule has 4 heterocycles. The smallest absolute Gasteiger partial charge is 0.291 e. The Hall–Kier alpha value is -4.32. The summed E-state index contributed by atoms with van der Waals surface area (Å²) in [4.78, 5) is 30.1. The molecule has 6 N–H and O–H groups in total. The van der Waals surface area contributed by atoms with Crippen molar-refractivity contribution in [3.05, 3.63) is 68.8 Å². The standard InChI is InChI=1S/C21H19N9O2S/c1-29-16-12(8-26-30(21(16)32)9-10-3-2-4-13(23)11(10)7-22)17-19(29)27-20(33-17)15(18(24)31)14-5-6-25-28-14/h2-8,15,22H,9,23H2,1H3,(H2,24,31)(H,25,28). The van der Waals surface area contributed by atoms with E-state index in [0.717, 1.165) is 10.3 Å². The van der Waals surface area contributed by atoms with E-state index in [0.29, 0.717) is 38.5 Å². The maximum absolute atomic E-state index is 13.3. The number of anilines is 1. The zero-order valence-corrected chi connectivity index (χ0v) is 18.3. The van der Waals surface area contributed by atoms with Crippen molar-refractivity contribution in [2.75, 3.05) is 5.73 Å². The van der Waals surface area contributed by atoms with Crippen LogP contribution in [0.15, 0.2) is 41.5 Å². The second-order valence-corrected chi connectivity index (χ2v) is 8.58. The van der Waals surface area contributed by atoms with Gasteiger partial charge in [-0.15, -0.1) is 11.3 Å². The van der Waals surface area contributed by atoms with Gasteiger partial charge in [-0.1, -0.05) is 12.1 Å². The monoisotopic (exact) mass is 461 g/mol. The lowest BCUT2D eigenvalue weighted by molar-refractivity contribution is -0.118. The molecule has 1 aromatic carbocycles. The zero-order chi connectivity index (χ0) is 23.3. The molecule has 0 aliphatic carbocycles. The summed E-state index contributed by atoms with van der Waals surface area (Å²) in [6.07, 6.45) is 4.34. The molecule has 166 valence electrons. The number of nitrogens with zero attached hydrogens (tertiary/aromatic N) is 5. The number of fused-ring (bicyclic) bond motifs is 3. The van der Waals surface area contributed by atoms with E-state index in [1.807, 2.05) is 6.07 Å². The first-order valence-corrected chi connectivity index (χ1v) is 10.7. The SMILES string of the molecule is Cn1c2nc(C(C(N)=O)c3ccn[nH]3)sc2c2cnn(Cc3cccc(N)c3C=N)c(=O)c21. The molecule has 0 saturated heterocycles. The summed E-state index contributed by atoms with van der Waals surface area (Å²) in [6, 6.07) is 6.98. The van der Waals surface area contributed by atoms with Crippen molar-refractivity contribution in [1.82, 2.24) is 29.5 Å². The van der Waals surface area contributed by atoms with Crippen molar-refractivity contribution >= 4 is 50.4 Å². The molecule has 0 aliphatic heterocycles. The lowest BCUT2D eigenvalue weighted by Crippen LogP contribution is -2.25. The first kappa shape index (κ1) is 20.6. The van der Waals surface area contributed by atoms with Crippen LogP contribution in [0.1, 0.15) is 27.7 Å². The number of hydrogen-bond acceptors (Lipinski definition) is 8. The topological polar surface area (TPSA) is 174 Å². The highest BCUT2D eigenvalue weighted by atomic mass is 32.1. The Kier molecular flexibility index (Phi) is 4.78. The number of primary amides is 1. The lowest BCUT2D eigenvalue weighted by Gasteiger charge is -2.10. The van der Waals surface area contributed by atoms with Gasteiger partial charge < -0.3 is 21.4 Å². The van der Waals surface area contributed by atoms with E-state index in [-0.39, 0.29) is 12.1 Å². The van der Waals surface area contributed by atoms with Crippen molar-refractivity contribution in [2.24, 2.45) is 12.8 Å². The van der Waals surface area contributed by atoms with Crippen LogP contribution in [-0.4, -0.2) is 41.7 Å². The van der Waals surface area contributed by atoms with Crippen LogP contribution in [0.4, 0.5) is 5.69 Å². The molecule has 5 rings (SSSR count). The Bertz CT molecular complexity index is 1590. The van der Waals surface area contributed by atoms with Gasteiger partial charge in [0.2, 0.25) is 5.91 Å². The third-order valence-electron chi connectivity index (χ3n) is 5.60. The molecule has 1 atom stereocenters. The number of aromatic nitrogens is 6. The molecule has 4 aromatic heterocycles. The van der Waals surface area contributed by atoms with E-state index in [1.54, 1.807) is 42.2 Å². The van der Waals surface area contributed by atoms with E-state index in [4.69, 9.17) is 16.9 Å². The summed E-state index contributed by atoms with van der Waals surface area (Å²) in [7, 11) is 1.75. The van der Waals surface area contributed by atoms with Gasteiger partial charge in [-0.05, 0) is 17.7 Å². The average Bonchev–Trinajstić information content (AvgIpc) is 3.50. The summed E-state index contributed by atoms with van der Waals surface area (Å²) >= 11 is 1.29. The fraction of sp³-hybridized carbons (Fsp3) is 0.143. The molecule has 0 aliphatic rings. The van der Waals surface area contributed by atoms with Crippen LogP contribution in [0.2, 0.25) is 0 Å².